The summed E-state index contributed by atoms with van der Waals surface area (Å²) in [6.45, 7) is 0. The van der Waals surface area contributed by atoms with E-state index in [1.165, 1.54) is 0 Å². The van der Waals surface area contributed by atoms with Gasteiger partial charge in [-0.2, -0.15) is 0 Å². The monoisotopic (exact) mass is 240 g/mol. The molecule has 0 saturated carbocycles. The lowest BCUT2D eigenvalue weighted by molar-refractivity contribution is -0.849. The van der Waals surface area contributed by atoms with Crippen LogP contribution in [0.3, 0.4) is 0 Å². The van der Waals surface area contributed by atoms with E-state index in [2.05, 4.69) is 28.2 Å². The molecular formula is C13H22NO3+. The Morgan fingerprint density at radius 3 is 1.94 bits per heavy atom. The molecule has 0 spiro atoms. The molecule has 2 N–H and O–H groups in total. The third kappa shape index (κ3) is 10.9. The van der Waals surface area contributed by atoms with E-state index in [4.69, 9.17) is 10.2 Å². The molecule has 0 radical (unpaired) electrons. The Bertz CT molecular complexity index is 324. The van der Waals surface area contributed by atoms with Gasteiger partial charge in [0.25, 0.3) is 0 Å². The van der Waals surface area contributed by atoms with Gasteiger partial charge in [0.1, 0.15) is 0 Å². The number of carboxylic acid groups (broad SMARTS) is 1. The maximum Gasteiger partial charge on any atom is 0.332 e. The van der Waals surface area contributed by atoms with Crippen LogP contribution in [0, 0.1) is 0 Å². The van der Waals surface area contributed by atoms with Crippen LogP contribution in [0.5, 0.6) is 0 Å². The summed E-state index contributed by atoms with van der Waals surface area (Å²) >= 11 is 0. The molecule has 0 aromatic heterocycles. The summed E-state index contributed by atoms with van der Waals surface area (Å²) in [5.41, 5.74) is 0.826. The number of quaternary nitrogens is 1. The van der Waals surface area contributed by atoms with E-state index in [1.807, 2.05) is 18.2 Å². The van der Waals surface area contributed by atoms with Crippen LogP contribution in [-0.4, -0.2) is 55.0 Å². The molecule has 1 atom stereocenters. The third-order valence-corrected chi connectivity index (χ3v) is 1.56. The van der Waals surface area contributed by atoms with E-state index >= 15 is 0 Å². The Labute approximate surface area is 103 Å². The van der Waals surface area contributed by atoms with Gasteiger partial charge in [0.15, 0.2) is 6.10 Å². The predicted octanol–water partition coefficient (Wildman–Crippen LogP) is 0.997. The first-order valence-electron chi connectivity index (χ1n) is 5.44. The molecule has 0 heterocycles. The highest BCUT2D eigenvalue weighted by atomic mass is 16.4. The lowest BCUT2D eigenvalue weighted by Crippen LogP contribution is -2.27. The average Bonchev–Trinajstić information content (AvgIpc) is 2.16. The second-order valence-electron chi connectivity index (χ2n) is 5.23. The maximum atomic E-state index is 10.3. The van der Waals surface area contributed by atoms with Crippen molar-refractivity contribution < 1.29 is 19.5 Å². The van der Waals surface area contributed by atoms with Crippen LogP contribution < -0.4 is 0 Å². The van der Waals surface area contributed by atoms with Crippen molar-refractivity contribution in [3.05, 3.63) is 35.9 Å². The molecule has 0 bridgehead atoms. The molecule has 1 unspecified atom stereocenters. The van der Waals surface area contributed by atoms with Gasteiger partial charge in [-0.05, 0) is 5.56 Å². The fourth-order valence-electron chi connectivity index (χ4n) is 0.925. The number of aliphatic hydroxyl groups excluding tert-OH is 1. The van der Waals surface area contributed by atoms with E-state index < -0.39 is 12.1 Å². The van der Waals surface area contributed by atoms with Gasteiger partial charge >= 0.3 is 5.97 Å². The number of carbonyl (C=O) groups is 1. The minimum Gasteiger partial charge on any atom is -0.479 e. The summed E-state index contributed by atoms with van der Waals surface area (Å²) in [6.07, 6.45) is -1.14. The van der Waals surface area contributed by atoms with Crippen LogP contribution >= 0.6 is 0 Å². The SMILES string of the molecule is C[N+](C)(C)C.O=C(O)C(O)Cc1ccccc1. The normalized spacial score (nSPS) is 12.3. The summed E-state index contributed by atoms with van der Waals surface area (Å²) in [5, 5.41) is 17.4. The quantitative estimate of drug-likeness (QED) is 0.775. The summed E-state index contributed by atoms with van der Waals surface area (Å²) in [4.78, 5) is 10.3. The van der Waals surface area contributed by atoms with Crippen molar-refractivity contribution in [2.24, 2.45) is 0 Å². The van der Waals surface area contributed by atoms with Crippen LogP contribution in [0.1, 0.15) is 5.56 Å². The van der Waals surface area contributed by atoms with Crippen LogP contribution in [0.2, 0.25) is 0 Å². The van der Waals surface area contributed by atoms with Crippen molar-refractivity contribution >= 4 is 5.97 Å². The number of aliphatic hydroxyl groups is 1. The van der Waals surface area contributed by atoms with Gasteiger partial charge in [0, 0.05) is 6.42 Å². The Hall–Kier alpha value is -1.39. The highest BCUT2D eigenvalue weighted by Gasteiger charge is 2.12. The number of nitrogens with zero attached hydrogens (tertiary/aromatic N) is 1. The summed E-state index contributed by atoms with van der Waals surface area (Å²) < 4.78 is 1.00. The molecule has 0 aliphatic carbocycles. The first-order valence-corrected chi connectivity index (χ1v) is 5.44. The molecule has 4 nitrogen and oxygen atoms in total. The number of benzene rings is 1. The van der Waals surface area contributed by atoms with Crippen molar-refractivity contribution in [3.8, 4) is 0 Å². The van der Waals surface area contributed by atoms with E-state index in [0.29, 0.717) is 0 Å². The van der Waals surface area contributed by atoms with Gasteiger partial charge in [-0.15, -0.1) is 0 Å². The molecule has 1 aromatic rings. The van der Waals surface area contributed by atoms with E-state index in [-0.39, 0.29) is 6.42 Å². The van der Waals surface area contributed by atoms with Crippen LogP contribution in [-0.2, 0) is 11.2 Å². The van der Waals surface area contributed by atoms with Crippen molar-refractivity contribution in [1.29, 1.82) is 0 Å². The molecule has 4 heteroatoms. The molecule has 1 aromatic carbocycles. The number of rotatable bonds is 3. The van der Waals surface area contributed by atoms with Crippen LogP contribution in [0.25, 0.3) is 0 Å². The van der Waals surface area contributed by atoms with Crippen LogP contribution in [0.15, 0.2) is 30.3 Å². The lowest BCUT2D eigenvalue weighted by Gasteiger charge is -2.14. The van der Waals surface area contributed by atoms with Gasteiger partial charge in [-0.3, -0.25) is 0 Å². The summed E-state index contributed by atoms with van der Waals surface area (Å²) in [7, 11) is 8.50. The molecule has 0 saturated heterocycles. The Morgan fingerprint density at radius 1 is 1.18 bits per heavy atom. The second-order valence-corrected chi connectivity index (χ2v) is 5.23. The maximum absolute atomic E-state index is 10.3. The standard InChI is InChI=1S/C9H10O3.C4H12N/c10-8(9(11)12)6-7-4-2-1-3-5-7;1-5(2,3)4/h1-5,8,10H,6H2,(H,11,12);1-4H3/q;+1. The fraction of sp³-hybridized carbons (Fsp3) is 0.462. The molecule has 1 rings (SSSR count). The van der Waals surface area contributed by atoms with Crippen molar-refractivity contribution in [3.63, 3.8) is 0 Å². The molecule has 0 fully saturated rings. The largest absolute Gasteiger partial charge is 0.479 e. The number of carboxylic acids is 1. The molecule has 96 valence electrons. The second kappa shape index (κ2) is 7.04. The van der Waals surface area contributed by atoms with E-state index in [1.54, 1.807) is 12.1 Å². The van der Waals surface area contributed by atoms with Crippen molar-refractivity contribution in [2.45, 2.75) is 12.5 Å². The Morgan fingerprint density at radius 2 is 1.59 bits per heavy atom. The molecular weight excluding hydrogens is 218 g/mol. The number of hydrogen-bond donors (Lipinski definition) is 2. The first kappa shape index (κ1) is 15.6. The molecule has 17 heavy (non-hydrogen) atoms. The van der Waals surface area contributed by atoms with E-state index in [9.17, 15) is 4.79 Å². The summed E-state index contributed by atoms with van der Waals surface area (Å²) in [5.74, 6) is -1.18. The van der Waals surface area contributed by atoms with Gasteiger partial charge < -0.3 is 14.7 Å². The topological polar surface area (TPSA) is 57.5 Å². The molecule has 0 aliphatic heterocycles. The van der Waals surface area contributed by atoms with Gasteiger partial charge in [-0.1, -0.05) is 30.3 Å². The fourth-order valence-corrected chi connectivity index (χ4v) is 0.925. The van der Waals surface area contributed by atoms with Gasteiger partial charge in [0.2, 0.25) is 0 Å². The highest BCUT2D eigenvalue weighted by Crippen LogP contribution is 2.02. The van der Waals surface area contributed by atoms with Crippen molar-refractivity contribution in [1.82, 2.24) is 0 Å². The lowest BCUT2D eigenvalue weighted by atomic mass is 10.1. The minimum absolute atomic E-state index is 0.163. The van der Waals surface area contributed by atoms with Gasteiger partial charge in [-0.25, -0.2) is 4.79 Å². The molecule has 0 amide bonds. The zero-order valence-corrected chi connectivity index (χ0v) is 10.9. The van der Waals surface area contributed by atoms with E-state index in [0.717, 1.165) is 10.0 Å². The zero-order chi connectivity index (χ0) is 13.5. The third-order valence-electron chi connectivity index (χ3n) is 1.56. The molecule has 0 aliphatic rings. The number of hydrogen-bond acceptors (Lipinski definition) is 2. The number of aliphatic carboxylic acids is 1. The van der Waals surface area contributed by atoms with Crippen molar-refractivity contribution in [2.75, 3.05) is 28.2 Å². The highest BCUT2D eigenvalue weighted by molar-refractivity contribution is 5.72. The predicted molar refractivity (Wildman–Crippen MR) is 67.7 cm³/mol. The first-order chi connectivity index (χ1) is 7.70. The average molecular weight is 240 g/mol. The minimum atomic E-state index is -1.30. The smallest absolute Gasteiger partial charge is 0.332 e. The Kier molecular flexibility index (Phi) is 6.46. The summed E-state index contributed by atoms with van der Waals surface area (Å²) in [6, 6.07) is 9.03. The van der Waals surface area contributed by atoms with Gasteiger partial charge in [0.05, 0.1) is 28.2 Å². The Balaban J connectivity index is 0.000000437. The van der Waals surface area contributed by atoms with Crippen LogP contribution in [0.4, 0.5) is 0 Å². The zero-order valence-electron chi connectivity index (χ0n) is 10.9.